The number of nitrogens with one attached hydrogen (secondary N) is 3. The zero-order chi connectivity index (χ0) is 30.1. The number of benzene rings is 2. The van der Waals surface area contributed by atoms with Crippen LogP contribution in [0.4, 0.5) is 38.5 Å². The summed E-state index contributed by atoms with van der Waals surface area (Å²) < 4.78 is 91.3. The number of amides is 3. The molecule has 220 valence electrons. The van der Waals surface area contributed by atoms with Crippen molar-refractivity contribution in [3.05, 3.63) is 48.3 Å². The third-order valence-electron chi connectivity index (χ3n) is 5.55. The predicted molar refractivity (Wildman–Crippen MR) is 138 cm³/mol. The van der Waals surface area contributed by atoms with Crippen molar-refractivity contribution in [2.45, 2.75) is 62.9 Å². The quantitative estimate of drug-likeness (QED) is 0.417. The molecule has 15 heteroatoms. The summed E-state index contributed by atoms with van der Waals surface area (Å²) in [7, 11) is -4.32. The van der Waals surface area contributed by atoms with Gasteiger partial charge in [-0.3, -0.25) is 9.62 Å². The fourth-order valence-electron chi connectivity index (χ4n) is 3.48. The second-order valence-electron chi connectivity index (χ2n) is 10.5. The van der Waals surface area contributed by atoms with E-state index in [1.807, 2.05) is 0 Å². The minimum absolute atomic E-state index is 0.0485. The Bertz CT molecular complexity index is 1360. The lowest BCUT2D eigenvalue weighted by molar-refractivity contribution is -0.242. The molecule has 0 saturated carbocycles. The third-order valence-corrected chi connectivity index (χ3v) is 7.34. The molecular formula is C25H30F4N4O6S. The van der Waals surface area contributed by atoms with Crippen molar-refractivity contribution in [1.82, 2.24) is 10.6 Å². The molecule has 0 saturated heterocycles. The molecule has 3 amide bonds. The van der Waals surface area contributed by atoms with Gasteiger partial charge in [0, 0.05) is 11.2 Å². The van der Waals surface area contributed by atoms with Crippen LogP contribution in [0.25, 0.3) is 0 Å². The van der Waals surface area contributed by atoms with E-state index >= 15 is 0 Å². The number of urea groups is 1. The van der Waals surface area contributed by atoms with Gasteiger partial charge in [0.2, 0.25) is 5.60 Å². The van der Waals surface area contributed by atoms with E-state index in [1.165, 1.54) is 18.2 Å². The van der Waals surface area contributed by atoms with Gasteiger partial charge in [-0.25, -0.2) is 22.4 Å². The number of hydrogen-bond acceptors (Lipinski definition) is 6. The molecule has 40 heavy (non-hydrogen) atoms. The largest absolute Gasteiger partial charge is 0.484 e. The topological polar surface area (TPSA) is 126 Å². The van der Waals surface area contributed by atoms with Crippen LogP contribution in [0.3, 0.4) is 0 Å². The second-order valence-corrected chi connectivity index (χ2v) is 12.4. The molecular weight excluding hydrogens is 560 g/mol. The monoisotopic (exact) mass is 590 g/mol. The summed E-state index contributed by atoms with van der Waals surface area (Å²) in [6.45, 7) is 6.32. The molecule has 1 heterocycles. The van der Waals surface area contributed by atoms with Crippen LogP contribution in [0.15, 0.2) is 47.4 Å². The molecule has 0 aliphatic carbocycles. The molecule has 3 N–H and O–H groups in total. The second kappa shape index (κ2) is 11.0. The summed E-state index contributed by atoms with van der Waals surface area (Å²) in [6.07, 6.45) is -7.11. The molecule has 2 aromatic rings. The maximum atomic E-state index is 13.6. The number of halogens is 4. The minimum atomic E-state index is -4.83. The summed E-state index contributed by atoms with van der Waals surface area (Å²) in [5, 5.41) is 7.48. The molecule has 1 aliphatic heterocycles. The maximum absolute atomic E-state index is 13.6. The van der Waals surface area contributed by atoms with Gasteiger partial charge in [0.05, 0.1) is 23.7 Å². The Hall–Kier alpha value is -3.75. The molecule has 1 aliphatic rings. The van der Waals surface area contributed by atoms with Gasteiger partial charge in [-0.2, -0.15) is 13.2 Å². The molecule has 0 aromatic heterocycles. The first-order valence-corrected chi connectivity index (χ1v) is 13.4. The lowest BCUT2D eigenvalue weighted by atomic mass is 10.1. The Kier molecular flexibility index (Phi) is 8.48. The first-order valence-electron chi connectivity index (χ1n) is 12.0. The Balaban J connectivity index is 1.91. The van der Waals surface area contributed by atoms with E-state index in [4.69, 9.17) is 4.74 Å². The molecule has 10 nitrogen and oxygen atoms in total. The van der Waals surface area contributed by atoms with Crippen LogP contribution in [-0.2, 0) is 14.8 Å². The fraction of sp³-hybridized carbons (Fsp3) is 0.440. The van der Waals surface area contributed by atoms with Gasteiger partial charge >= 0.3 is 18.3 Å². The fourth-order valence-corrected chi connectivity index (χ4v) is 4.98. The van der Waals surface area contributed by atoms with Crippen LogP contribution in [0.1, 0.15) is 34.6 Å². The molecule has 0 fully saturated rings. The van der Waals surface area contributed by atoms with Crippen molar-refractivity contribution in [3.8, 4) is 5.75 Å². The van der Waals surface area contributed by atoms with E-state index in [9.17, 15) is 35.6 Å². The normalized spacial score (nSPS) is 15.9. The summed E-state index contributed by atoms with van der Waals surface area (Å²) >= 11 is 0. The van der Waals surface area contributed by atoms with E-state index in [1.54, 1.807) is 20.8 Å². The Labute approximate surface area is 229 Å². The van der Waals surface area contributed by atoms with Crippen molar-refractivity contribution in [2.75, 3.05) is 22.7 Å². The van der Waals surface area contributed by atoms with Crippen molar-refractivity contribution in [1.29, 1.82) is 0 Å². The zero-order valence-electron chi connectivity index (χ0n) is 22.3. The third kappa shape index (κ3) is 7.46. The summed E-state index contributed by atoms with van der Waals surface area (Å²) in [5.74, 6) is -0.602. The molecule has 3 rings (SSSR count). The predicted octanol–water partition coefficient (Wildman–Crippen LogP) is 4.77. The van der Waals surface area contributed by atoms with Gasteiger partial charge in [0.25, 0.3) is 10.0 Å². The van der Waals surface area contributed by atoms with E-state index in [2.05, 4.69) is 20.7 Å². The van der Waals surface area contributed by atoms with Crippen molar-refractivity contribution >= 4 is 33.5 Å². The van der Waals surface area contributed by atoms with Crippen LogP contribution in [0.5, 0.6) is 5.75 Å². The first-order chi connectivity index (χ1) is 18.3. The number of carbonyl (C=O) groups excluding carboxylic acids is 2. The Morgan fingerprint density at radius 1 is 1.05 bits per heavy atom. The summed E-state index contributed by atoms with van der Waals surface area (Å²) in [6, 6.07) is 7.37. The molecule has 2 aromatic carbocycles. The molecule has 0 radical (unpaired) electrons. The highest BCUT2D eigenvalue weighted by atomic mass is 32.2. The molecule has 0 unspecified atom stereocenters. The number of anilines is 2. The van der Waals surface area contributed by atoms with Gasteiger partial charge in [0.1, 0.15) is 17.7 Å². The maximum Gasteiger partial charge on any atom is 0.427 e. The number of fused-ring (bicyclic) bond motifs is 1. The Morgan fingerprint density at radius 2 is 1.68 bits per heavy atom. The van der Waals surface area contributed by atoms with Gasteiger partial charge < -0.3 is 20.1 Å². The zero-order valence-corrected chi connectivity index (χ0v) is 23.2. The number of hydrogen-bond donors (Lipinski definition) is 3. The van der Waals surface area contributed by atoms with Crippen LogP contribution in [0.2, 0.25) is 0 Å². The molecule has 0 spiro atoms. The van der Waals surface area contributed by atoms with Crippen molar-refractivity contribution < 1.29 is 45.0 Å². The van der Waals surface area contributed by atoms with Crippen LogP contribution >= 0.6 is 0 Å². The van der Waals surface area contributed by atoms with Crippen LogP contribution in [0, 0.1) is 5.82 Å². The number of ether oxygens (including phenoxy) is 2. The molecule has 1 atom stereocenters. The van der Waals surface area contributed by atoms with Gasteiger partial charge in [-0.05, 0) is 77.1 Å². The lowest BCUT2D eigenvalue weighted by Crippen LogP contribution is -2.52. The SMILES string of the molecule is CC(C)(C)NC(=O)NC[C@H]1CN(S(=O)(=O)c2ccc(F)cc2)c2cc(NC(=O)OC(C)(C)C(F)(F)F)ccc2O1. The summed E-state index contributed by atoms with van der Waals surface area (Å²) in [5.41, 5.74) is -3.44. The van der Waals surface area contributed by atoms with Gasteiger partial charge in [-0.15, -0.1) is 0 Å². The average Bonchev–Trinajstić information content (AvgIpc) is 2.80. The lowest BCUT2D eigenvalue weighted by Gasteiger charge is -2.36. The van der Waals surface area contributed by atoms with Crippen LogP contribution in [-0.4, -0.2) is 57.1 Å². The highest BCUT2D eigenvalue weighted by molar-refractivity contribution is 7.92. The number of alkyl halides is 3. The number of nitrogens with zero attached hydrogens (tertiary/aromatic N) is 1. The van der Waals surface area contributed by atoms with Crippen molar-refractivity contribution in [2.24, 2.45) is 0 Å². The summed E-state index contributed by atoms with van der Waals surface area (Å²) in [4.78, 5) is 24.2. The highest BCUT2D eigenvalue weighted by Crippen LogP contribution is 2.39. The smallest absolute Gasteiger partial charge is 0.427 e. The number of sulfonamides is 1. The van der Waals surface area contributed by atoms with Crippen LogP contribution < -0.4 is 25.0 Å². The van der Waals surface area contributed by atoms with E-state index in [0.29, 0.717) is 13.8 Å². The van der Waals surface area contributed by atoms with E-state index in [0.717, 1.165) is 28.6 Å². The van der Waals surface area contributed by atoms with Gasteiger partial charge in [0.15, 0.2) is 0 Å². The Morgan fingerprint density at radius 3 is 2.25 bits per heavy atom. The average molecular weight is 591 g/mol. The molecule has 0 bridgehead atoms. The first kappa shape index (κ1) is 30.8. The van der Waals surface area contributed by atoms with E-state index < -0.39 is 51.4 Å². The number of rotatable bonds is 6. The number of carbonyl (C=O) groups is 2. The van der Waals surface area contributed by atoms with E-state index in [-0.39, 0.29) is 35.1 Å². The van der Waals surface area contributed by atoms with Crippen molar-refractivity contribution in [3.63, 3.8) is 0 Å². The minimum Gasteiger partial charge on any atom is -0.484 e. The van der Waals surface area contributed by atoms with Gasteiger partial charge in [-0.1, -0.05) is 0 Å². The highest BCUT2D eigenvalue weighted by Gasteiger charge is 2.51. The standard InChI is InChI=1S/C25H30F4N4O6S/c1-23(2,3)32-21(34)30-13-17-14-33(40(36,37)18-9-6-15(26)7-10-18)19-12-16(8-11-20(19)38-17)31-22(35)39-24(4,5)25(27,28)29/h6-12,17H,13-14H2,1-5H3,(H,31,35)(H2,30,32,34)/t17-/m0/s1.